The molecule has 0 saturated carbocycles. The quantitative estimate of drug-likeness (QED) is 0.722. The van der Waals surface area contributed by atoms with E-state index in [-0.39, 0.29) is 5.91 Å². The lowest BCUT2D eigenvalue weighted by Gasteiger charge is -2.07. The van der Waals surface area contributed by atoms with E-state index in [1.165, 1.54) is 0 Å². The maximum Gasteiger partial charge on any atom is 0.251 e. The van der Waals surface area contributed by atoms with E-state index in [1.54, 1.807) is 12.1 Å². The van der Waals surface area contributed by atoms with E-state index in [4.69, 9.17) is 0 Å². The summed E-state index contributed by atoms with van der Waals surface area (Å²) in [6.45, 7) is 4.95. The molecule has 124 valence electrons. The summed E-state index contributed by atoms with van der Waals surface area (Å²) in [6.07, 6.45) is 2.80. The Kier molecular flexibility index (Phi) is 4.94. The van der Waals surface area contributed by atoms with Gasteiger partial charge in [0.25, 0.3) is 5.91 Å². The number of hydrogen-bond acceptors (Lipinski definition) is 3. The number of aromatic nitrogens is 3. The predicted octanol–water partition coefficient (Wildman–Crippen LogP) is 3.93. The first kappa shape index (κ1) is 16.6. The van der Waals surface area contributed by atoms with E-state index in [9.17, 15) is 4.79 Å². The minimum atomic E-state index is -0.0800. The van der Waals surface area contributed by atoms with Crippen LogP contribution in [-0.4, -0.2) is 27.0 Å². The van der Waals surface area contributed by atoms with Crippen LogP contribution in [0.25, 0.3) is 17.0 Å². The van der Waals surface area contributed by atoms with Crippen molar-refractivity contribution in [2.45, 2.75) is 20.3 Å². The van der Waals surface area contributed by atoms with Gasteiger partial charge in [0.15, 0.2) is 11.5 Å². The van der Waals surface area contributed by atoms with Gasteiger partial charge in [0.2, 0.25) is 0 Å². The van der Waals surface area contributed by atoms with Gasteiger partial charge in [-0.3, -0.25) is 9.20 Å². The molecule has 6 heteroatoms. The Labute approximate surface area is 149 Å². The van der Waals surface area contributed by atoms with Crippen molar-refractivity contribution in [3.05, 3.63) is 52.6 Å². The van der Waals surface area contributed by atoms with Crippen molar-refractivity contribution in [1.29, 1.82) is 0 Å². The second kappa shape index (κ2) is 7.13. The van der Waals surface area contributed by atoms with Crippen LogP contribution in [-0.2, 0) is 0 Å². The van der Waals surface area contributed by atoms with Crippen LogP contribution in [0.5, 0.6) is 0 Å². The molecular weight excluding hydrogens is 368 g/mol. The first-order valence-electron chi connectivity index (χ1n) is 7.94. The zero-order valence-electron chi connectivity index (χ0n) is 13.7. The Morgan fingerprint density at radius 2 is 2.04 bits per heavy atom. The fraction of sp³-hybridized carbons (Fsp3) is 0.278. The summed E-state index contributed by atoms with van der Waals surface area (Å²) >= 11 is 3.54. The number of nitrogens with one attached hydrogen (secondary N) is 1. The summed E-state index contributed by atoms with van der Waals surface area (Å²) in [7, 11) is 0. The Bertz CT molecular complexity index is 872. The molecule has 2 aromatic heterocycles. The van der Waals surface area contributed by atoms with E-state index in [2.05, 4.69) is 45.3 Å². The van der Waals surface area contributed by atoms with Crippen LogP contribution >= 0.6 is 15.9 Å². The second-order valence-corrected chi connectivity index (χ2v) is 6.94. The smallest absolute Gasteiger partial charge is 0.251 e. The van der Waals surface area contributed by atoms with Gasteiger partial charge in [0.05, 0.1) is 0 Å². The summed E-state index contributed by atoms with van der Waals surface area (Å²) in [5.41, 5.74) is 2.20. The lowest BCUT2D eigenvalue weighted by Crippen LogP contribution is -2.25. The van der Waals surface area contributed by atoms with Gasteiger partial charge in [-0.25, -0.2) is 0 Å². The minimum Gasteiger partial charge on any atom is -0.352 e. The summed E-state index contributed by atoms with van der Waals surface area (Å²) in [4.78, 5) is 12.2. The average Bonchev–Trinajstić information content (AvgIpc) is 2.98. The Hall–Kier alpha value is -2.21. The largest absolute Gasteiger partial charge is 0.352 e. The number of amides is 1. The fourth-order valence-electron chi connectivity index (χ4n) is 2.43. The molecule has 3 rings (SSSR count). The van der Waals surface area contributed by atoms with Crippen molar-refractivity contribution in [3.8, 4) is 11.4 Å². The zero-order chi connectivity index (χ0) is 17.1. The summed E-state index contributed by atoms with van der Waals surface area (Å²) < 4.78 is 2.83. The summed E-state index contributed by atoms with van der Waals surface area (Å²) in [5.74, 6) is 1.23. The molecule has 2 heterocycles. The topological polar surface area (TPSA) is 59.3 Å². The number of carbonyl (C=O) groups excluding carboxylic acids is 1. The SMILES string of the molecule is CC(C)CCNC(=O)c1ccn2c(-c3ccccc3Br)nnc2c1. The van der Waals surface area contributed by atoms with Crippen LogP contribution in [0.4, 0.5) is 0 Å². The number of pyridine rings is 1. The first-order valence-corrected chi connectivity index (χ1v) is 8.73. The van der Waals surface area contributed by atoms with Crippen molar-refractivity contribution in [2.24, 2.45) is 5.92 Å². The monoisotopic (exact) mass is 386 g/mol. The van der Waals surface area contributed by atoms with E-state index in [0.29, 0.717) is 23.7 Å². The van der Waals surface area contributed by atoms with Gasteiger partial charge in [-0.15, -0.1) is 10.2 Å². The number of hydrogen-bond donors (Lipinski definition) is 1. The number of nitrogens with zero attached hydrogens (tertiary/aromatic N) is 3. The van der Waals surface area contributed by atoms with Crippen LogP contribution in [0.3, 0.4) is 0 Å². The lowest BCUT2D eigenvalue weighted by molar-refractivity contribution is 0.0952. The van der Waals surface area contributed by atoms with Crippen molar-refractivity contribution in [2.75, 3.05) is 6.54 Å². The van der Waals surface area contributed by atoms with Crippen LogP contribution < -0.4 is 5.32 Å². The molecule has 0 saturated heterocycles. The molecule has 0 atom stereocenters. The van der Waals surface area contributed by atoms with Crippen LogP contribution in [0, 0.1) is 5.92 Å². The van der Waals surface area contributed by atoms with Gasteiger partial charge < -0.3 is 5.32 Å². The third-order valence-corrected chi connectivity index (χ3v) is 4.49. The molecule has 1 aromatic carbocycles. The number of rotatable bonds is 5. The molecule has 5 nitrogen and oxygen atoms in total. The Morgan fingerprint density at radius 1 is 1.25 bits per heavy atom. The molecular formula is C18H19BrN4O. The molecule has 0 aliphatic carbocycles. The molecule has 1 N–H and O–H groups in total. The molecule has 0 spiro atoms. The molecule has 0 radical (unpaired) electrons. The number of benzene rings is 1. The third kappa shape index (κ3) is 3.48. The van der Waals surface area contributed by atoms with Gasteiger partial charge in [-0.05, 0) is 30.5 Å². The molecule has 0 bridgehead atoms. The van der Waals surface area contributed by atoms with Crippen LogP contribution in [0.1, 0.15) is 30.6 Å². The summed E-state index contributed by atoms with van der Waals surface area (Å²) in [5, 5.41) is 11.4. The highest BCUT2D eigenvalue weighted by Gasteiger charge is 2.13. The van der Waals surface area contributed by atoms with Crippen LogP contribution in [0.15, 0.2) is 47.1 Å². The molecule has 0 aliphatic heterocycles. The molecule has 24 heavy (non-hydrogen) atoms. The molecule has 0 unspecified atom stereocenters. The van der Waals surface area contributed by atoms with Gasteiger partial charge >= 0.3 is 0 Å². The van der Waals surface area contributed by atoms with E-state index in [1.807, 2.05) is 34.9 Å². The minimum absolute atomic E-state index is 0.0800. The normalized spacial score (nSPS) is 11.2. The van der Waals surface area contributed by atoms with Crippen molar-refractivity contribution < 1.29 is 4.79 Å². The highest BCUT2D eigenvalue weighted by atomic mass is 79.9. The molecule has 0 fully saturated rings. The first-order chi connectivity index (χ1) is 11.6. The maximum absolute atomic E-state index is 12.2. The molecule has 1 amide bonds. The highest BCUT2D eigenvalue weighted by Crippen LogP contribution is 2.26. The van der Waals surface area contributed by atoms with E-state index < -0.39 is 0 Å². The Morgan fingerprint density at radius 3 is 2.79 bits per heavy atom. The number of halogens is 1. The van der Waals surface area contributed by atoms with Gasteiger partial charge in [0.1, 0.15) is 0 Å². The predicted molar refractivity (Wildman–Crippen MR) is 97.9 cm³/mol. The van der Waals surface area contributed by atoms with Crippen molar-refractivity contribution >= 4 is 27.5 Å². The average molecular weight is 387 g/mol. The number of carbonyl (C=O) groups is 1. The van der Waals surface area contributed by atoms with E-state index in [0.717, 1.165) is 22.3 Å². The highest BCUT2D eigenvalue weighted by molar-refractivity contribution is 9.10. The second-order valence-electron chi connectivity index (χ2n) is 6.09. The van der Waals surface area contributed by atoms with Crippen molar-refractivity contribution in [3.63, 3.8) is 0 Å². The molecule has 0 aliphatic rings. The zero-order valence-corrected chi connectivity index (χ0v) is 15.2. The van der Waals surface area contributed by atoms with Gasteiger partial charge in [-0.1, -0.05) is 48.0 Å². The van der Waals surface area contributed by atoms with Gasteiger partial charge in [0, 0.05) is 28.3 Å². The molecule has 3 aromatic rings. The maximum atomic E-state index is 12.2. The van der Waals surface area contributed by atoms with Gasteiger partial charge in [-0.2, -0.15) is 0 Å². The number of fused-ring (bicyclic) bond motifs is 1. The fourth-order valence-corrected chi connectivity index (χ4v) is 2.90. The Balaban J connectivity index is 1.86. The van der Waals surface area contributed by atoms with E-state index >= 15 is 0 Å². The van der Waals surface area contributed by atoms with Crippen molar-refractivity contribution in [1.82, 2.24) is 19.9 Å². The summed E-state index contributed by atoms with van der Waals surface area (Å²) in [6, 6.07) is 11.4. The standard InChI is InChI=1S/C18H19BrN4O/c1-12(2)7-9-20-18(24)13-8-10-23-16(11-13)21-22-17(23)14-5-3-4-6-15(14)19/h3-6,8,10-12H,7,9H2,1-2H3,(H,20,24). The van der Waals surface area contributed by atoms with Crippen LogP contribution in [0.2, 0.25) is 0 Å². The lowest BCUT2D eigenvalue weighted by atomic mass is 10.1. The third-order valence-electron chi connectivity index (χ3n) is 3.79.